The third-order valence-corrected chi connectivity index (χ3v) is 4.43. The Balaban J connectivity index is 2.60. The zero-order valence-electron chi connectivity index (χ0n) is 10.6. The summed E-state index contributed by atoms with van der Waals surface area (Å²) < 4.78 is 1.07. The van der Waals surface area contributed by atoms with Crippen LogP contribution in [0.3, 0.4) is 0 Å². The fraction of sp³-hybridized carbons (Fsp3) is 0.462. The predicted molar refractivity (Wildman–Crippen MR) is 79.7 cm³/mol. The van der Waals surface area contributed by atoms with E-state index in [-0.39, 0.29) is 10.7 Å². The lowest BCUT2D eigenvalue weighted by molar-refractivity contribution is -0.113. The molecule has 0 aliphatic heterocycles. The number of anilines is 1. The van der Waals surface area contributed by atoms with E-state index in [1.165, 1.54) is 0 Å². The van der Waals surface area contributed by atoms with Crippen LogP contribution >= 0.6 is 27.7 Å². The Labute approximate surface area is 116 Å². The molecule has 1 rings (SSSR count). The topological polar surface area (TPSA) is 29.1 Å². The number of thioether (sulfide) groups is 1. The number of benzene rings is 1. The lowest BCUT2D eigenvalue weighted by atomic mass is 10.2. The van der Waals surface area contributed by atoms with Gasteiger partial charge in [0.05, 0.1) is 11.4 Å². The molecule has 1 aromatic carbocycles. The molecule has 0 spiro atoms. The summed E-state index contributed by atoms with van der Waals surface area (Å²) in [5, 5.41) is 2.92. The number of nitrogens with one attached hydrogen (secondary N) is 1. The third kappa shape index (κ3) is 5.13. The molecule has 0 saturated heterocycles. The number of hydrogen-bond donors (Lipinski definition) is 1. The first kappa shape index (κ1) is 14.6. The first-order valence-corrected chi connectivity index (χ1v) is 7.26. The minimum Gasteiger partial charge on any atom is -0.324 e. The molecule has 0 aromatic heterocycles. The highest BCUT2D eigenvalue weighted by Gasteiger charge is 2.14. The highest BCUT2D eigenvalue weighted by atomic mass is 79.9. The maximum Gasteiger partial charge on any atom is 0.234 e. The Morgan fingerprint density at radius 1 is 1.41 bits per heavy atom. The molecule has 4 heteroatoms. The number of aryl methyl sites for hydroxylation is 1. The van der Waals surface area contributed by atoms with Crippen LogP contribution in [0.5, 0.6) is 0 Å². The summed E-state index contributed by atoms with van der Waals surface area (Å²) in [5.74, 6) is 0.514. The predicted octanol–water partition coefficient (Wildman–Crippen LogP) is 4.23. The van der Waals surface area contributed by atoms with E-state index in [0.29, 0.717) is 5.75 Å². The van der Waals surface area contributed by atoms with E-state index in [2.05, 4.69) is 42.0 Å². The van der Waals surface area contributed by atoms with Gasteiger partial charge in [-0.1, -0.05) is 32.9 Å². The average molecular weight is 316 g/mol. The molecule has 94 valence electrons. The van der Waals surface area contributed by atoms with Crippen LogP contribution in [0.25, 0.3) is 0 Å². The minimum atomic E-state index is 0.0382. The maximum atomic E-state index is 11.8. The van der Waals surface area contributed by atoms with Gasteiger partial charge < -0.3 is 5.32 Å². The van der Waals surface area contributed by atoms with Crippen LogP contribution in [-0.2, 0) is 4.79 Å². The summed E-state index contributed by atoms with van der Waals surface area (Å²) >= 11 is 5.12. The molecule has 0 saturated carbocycles. The second-order valence-electron chi connectivity index (χ2n) is 4.89. The fourth-order valence-electron chi connectivity index (χ4n) is 1.21. The van der Waals surface area contributed by atoms with Gasteiger partial charge in [0.15, 0.2) is 0 Å². The Morgan fingerprint density at radius 2 is 2.06 bits per heavy atom. The van der Waals surface area contributed by atoms with Gasteiger partial charge in [-0.3, -0.25) is 4.79 Å². The van der Waals surface area contributed by atoms with E-state index in [0.717, 1.165) is 15.7 Å². The third-order valence-electron chi connectivity index (χ3n) is 2.10. The van der Waals surface area contributed by atoms with Gasteiger partial charge in [-0.25, -0.2) is 0 Å². The van der Waals surface area contributed by atoms with Crippen molar-refractivity contribution in [2.24, 2.45) is 0 Å². The fourth-order valence-corrected chi connectivity index (χ4v) is 2.21. The molecule has 0 radical (unpaired) electrons. The number of hydrogen-bond acceptors (Lipinski definition) is 2. The summed E-state index contributed by atoms with van der Waals surface area (Å²) in [6, 6.07) is 5.84. The molecular formula is C13H18BrNOS. The average Bonchev–Trinajstić information content (AvgIpc) is 2.21. The number of rotatable bonds is 3. The van der Waals surface area contributed by atoms with Crippen LogP contribution in [0, 0.1) is 6.92 Å². The largest absolute Gasteiger partial charge is 0.324 e. The molecule has 1 aromatic rings. The Morgan fingerprint density at radius 3 is 2.65 bits per heavy atom. The molecule has 0 atom stereocenters. The first-order chi connectivity index (χ1) is 7.79. The zero-order valence-corrected chi connectivity index (χ0v) is 13.0. The summed E-state index contributed by atoms with van der Waals surface area (Å²) in [6.07, 6.45) is 0. The smallest absolute Gasteiger partial charge is 0.234 e. The molecular weight excluding hydrogens is 298 g/mol. The second-order valence-corrected chi connectivity index (χ2v) is 7.48. The van der Waals surface area contributed by atoms with Crippen LogP contribution in [0.1, 0.15) is 26.3 Å². The van der Waals surface area contributed by atoms with Gasteiger partial charge >= 0.3 is 0 Å². The van der Waals surface area contributed by atoms with Crippen molar-refractivity contribution in [2.45, 2.75) is 32.4 Å². The summed E-state index contributed by atoms with van der Waals surface area (Å²) in [6.45, 7) is 8.32. The first-order valence-electron chi connectivity index (χ1n) is 5.48. The van der Waals surface area contributed by atoms with E-state index < -0.39 is 0 Å². The number of carbonyl (C=O) groups excluding carboxylic acids is 1. The normalized spacial score (nSPS) is 11.4. The molecule has 0 aliphatic carbocycles. The highest BCUT2D eigenvalue weighted by molar-refractivity contribution is 9.10. The van der Waals surface area contributed by atoms with Crippen molar-refractivity contribution in [3.05, 3.63) is 28.2 Å². The molecule has 0 fully saturated rings. The van der Waals surface area contributed by atoms with Crippen molar-refractivity contribution in [1.82, 2.24) is 0 Å². The van der Waals surface area contributed by atoms with Crippen LogP contribution in [0.2, 0.25) is 0 Å². The molecule has 1 N–H and O–H groups in total. The van der Waals surface area contributed by atoms with Crippen LogP contribution in [0.4, 0.5) is 5.69 Å². The maximum absolute atomic E-state index is 11.8. The molecule has 0 aliphatic rings. The SMILES string of the molecule is Cc1cccc(NC(=O)CSC(C)(C)C)c1Br. The monoisotopic (exact) mass is 315 g/mol. The van der Waals surface area contributed by atoms with Gasteiger partial charge in [0.1, 0.15) is 0 Å². The summed E-state index contributed by atoms with van der Waals surface area (Å²) in [4.78, 5) is 11.8. The van der Waals surface area contributed by atoms with Crippen molar-refractivity contribution in [3.63, 3.8) is 0 Å². The molecule has 17 heavy (non-hydrogen) atoms. The standard InChI is InChI=1S/C13H18BrNOS/c1-9-6-5-7-10(12(9)14)15-11(16)8-17-13(2,3)4/h5-7H,8H2,1-4H3,(H,15,16). The van der Waals surface area contributed by atoms with Crippen LogP contribution in [-0.4, -0.2) is 16.4 Å². The van der Waals surface area contributed by atoms with Crippen molar-refractivity contribution >= 4 is 39.3 Å². The quantitative estimate of drug-likeness (QED) is 0.904. The van der Waals surface area contributed by atoms with Crippen molar-refractivity contribution < 1.29 is 4.79 Å². The number of halogens is 1. The van der Waals surface area contributed by atoms with E-state index >= 15 is 0 Å². The summed E-state index contributed by atoms with van der Waals surface area (Å²) in [7, 11) is 0. The zero-order chi connectivity index (χ0) is 13.1. The molecule has 0 heterocycles. The lowest BCUT2D eigenvalue weighted by Crippen LogP contribution is -2.19. The number of amides is 1. The van der Waals surface area contributed by atoms with Gasteiger partial charge in [0.25, 0.3) is 0 Å². The highest BCUT2D eigenvalue weighted by Crippen LogP contribution is 2.27. The summed E-state index contributed by atoms with van der Waals surface area (Å²) in [5.41, 5.74) is 1.95. The van der Waals surface area contributed by atoms with E-state index in [1.54, 1.807) is 11.8 Å². The van der Waals surface area contributed by atoms with Gasteiger partial charge in [-0.05, 0) is 34.5 Å². The van der Waals surface area contributed by atoms with Crippen LogP contribution in [0.15, 0.2) is 22.7 Å². The van der Waals surface area contributed by atoms with E-state index in [1.807, 2.05) is 25.1 Å². The van der Waals surface area contributed by atoms with Gasteiger partial charge in [0, 0.05) is 9.22 Å². The van der Waals surface area contributed by atoms with E-state index in [4.69, 9.17) is 0 Å². The van der Waals surface area contributed by atoms with Crippen molar-refractivity contribution in [2.75, 3.05) is 11.1 Å². The molecule has 0 unspecified atom stereocenters. The number of carbonyl (C=O) groups is 1. The van der Waals surface area contributed by atoms with Gasteiger partial charge in [0.2, 0.25) is 5.91 Å². The van der Waals surface area contributed by atoms with Crippen LogP contribution < -0.4 is 5.32 Å². The van der Waals surface area contributed by atoms with Gasteiger partial charge in [-0.15, -0.1) is 11.8 Å². The minimum absolute atomic E-state index is 0.0382. The Hall–Kier alpha value is -0.480. The second kappa shape index (κ2) is 5.91. The molecule has 2 nitrogen and oxygen atoms in total. The van der Waals surface area contributed by atoms with Crippen molar-refractivity contribution in [1.29, 1.82) is 0 Å². The Kier molecular flexibility index (Phi) is 5.07. The molecule has 0 bridgehead atoms. The Bertz CT molecular complexity index is 412. The lowest BCUT2D eigenvalue weighted by Gasteiger charge is -2.17. The van der Waals surface area contributed by atoms with Crippen molar-refractivity contribution in [3.8, 4) is 0 Å². The van der Waals surface area contributed by atoms with Gasteiger partial charge in [-0.2, -0.15) is 0 Å². The van der Waals surface area contributed by atoms with E-state index in [9.17, 15) is 4.79 Å². The molecule has 1 amide bonds.